The van der Waals surface area contributed by atoms with Crippen molar-refractivity contribution in [2.45, 2.75) is 19.3 Å². The summed E-state index contributed by atoms with van der Waals surface area (Å²) in [4.78, 5) is 53.0. The summed E-state index contributed by atoms with van der Waals surface area (Å²) in [5.41, 5.74) is 0.719. The lowest BCUT2D eigenvalue weighted by Gasteiger charge is -2.27. The van der Waals surface area contributed by atoms with Crippen LogP contribution < -0.4 is 4.74 Å². The van der Waals surface area contributed by atoms with Crippen molar-refractivity contribution in [3.8, 4) is 5.75 Å². The van der Waals surface area contributed by atoms with Crippen LogP contribution in [0.15, 0.2) is 47.4 Å². The Balaban J connectivity index is 1.45. The predicted octanol–water partition coefficient (Wildman–Crippen LogP) is 5.26. The van der Waals surface area contributed by atoms with Gasteiger partial charge in [0.15, 0.2) is 0 Å². The Hall–Kier alpha value is -2.81. The van der Waals surface area contributed by atoms with Crippen molar-refractivity contribution >= 4 is 64.1 Å². The van der Waals surface area contributed by atoms with Crippen molar-refractivity contribution in [2.75, 3.05) is 19.6 Å². The summed E-state index contributed by atoms with van der Waals surface area (Å²) in [5.74, 6) is -1.16. The third-order valence-corrected chi connectivity index (χ3v) is 6.85. The molecule has 10 heteroatoms. The Morgan fingerprint density at radius 2 is 1.79 bits per heavy atom. The number of esters is 1. The molecule has 176 valence electrons. The van der Waals surface area contributed by atoms with Gasteiger partial charge in [0.05, 0.1) is 15.5 Å². The van der Waals surface area contributed by atoms with Gasteiger partial charge in [0.2, 0.25) is 5.91 Å². The van der Waals surface area contributed by atoms with Gasteiger partial charge >= 0.3 is 5.97 Å². The number of nitrogens with zero attached hydrogens (tertiary/aromatic N) is 2. The van der Waals surface area contributed by atoms with Gasteiger partial charge in [-0.25, -0.2) is 4.79 Å². The highest BCUT2D eigenvalue weighted by molar-refractivity contribution is 8.18. The van der Waals surface area contributed by atoms with Crippen molar-refractivity contribution in [2.24, 2.45) is 0 Å². The standard InChI is InChI=1S/C24H20Cl2N2O5S/c25-16-7-8-18(19(26)13-16)23(31)33-17-6-4-5-15(11-17)12-20-22(30)28(24(32)34-20)14-21(29)27-9-2-1-3-10-27/h4-8,11-13H,1-3,9-10,14H2/b20-12-. The van der Waals surface area contributed by atoms with E-state index in [1.54, 1.807) is 29.2 Å². The Kier molecular flexibility index (Phi) is 7.60. The molecule has 0 N–H and O–H groups in total. The number of benzene rings is 2. The predicted molar refractivity (Wildman–Crippen MR) is 131 cm³/mol. The molecule has 2 aromatic rings. The van der Waals surface area contributed by atoms with Gasteiger partial charge in [0.25, 0.3) is 11.1 Å². The first kappa shape index (κ1) is 24.3. The number of carbonyl (C=O) groups is 4. The Morgan fingerprint density at radius 1 is 1.03 bits per heavy atom. The third kappa shape index (κ3) is 5.63. The van der Waals surface area contributed by atoms with Gasteiger partial charge in [0.1, 0.15) is 12.3 Å². The molecule has 2 heterocycles. The molecule has 0 spiro atoms. The van der Waals surface area contributed by atoms with E-state index in [1.165, 1.54) is 24.3 Å². The van der Waals surface area contributed by atoms with Crippen LogP contribution in [0.3, 0.4) is 0 Å². The second-order valence-electron chi connectivity index (χ2n) is 7.80. The van der Waals surface area contributed by atoms with Crippen LogP contribution in [0.4, 0.5) is 4.79 Å². The monoisotopic (exact) mass is 518 g/mol. The zero-order valence-electron chi connectivity index (χ0n) is 18.0. The maximum Gasteiger partial charge on any atom is 0.345 e. The minimum Gasteiger partial charge on any atom is -0.423 e. The summed E-state index contributed by atoms with van der Waals surface area (Å²) in [7, 11) is 0. The highest BCUT2D eigenvalue weighted by Gasteiger charge is 2.37. The molecule has 0 saturated carbocycles. The maximum absolute atomic E-state index is 12.8. The molecule has 3 amide bonds. The molecule has 34 heavy (non-hydrogen) atoms. The highest BCUT2D eigenvalue weighted by atomic mass is 35.5. The first-order chi connectivity index (χ1) is 16.3. The van der Waals surface area contributed by atoms with E-state index in [4.69, 9.17) is 27.9 Å². The lowest BCUT2D eigenvalue weighted by Crippen LogP contribution is -2.44. The lowest BCUT2D eigenvalue weighted by molar-refractivity contribution is -0.136. The van der Waals surface area contributed by atoms with Crippen LogP contribution in [0.1, 0.15) is 35.2 Å². The average molecular weight is 519 g/mol. The van der Waals surface area contributed by atoms with E-state index in [9.17, 15) is 19.2 Å². The van der Waals surface area contributed by atoms with Crippen molar-refractivity contribution < 1.29 is 23.9 Å². The van der Waals surface area contributed by atoms with Crippen LogP contribution in [-0.2, 0) is 9.59 Å². The minimum absolute atomic E-state index is 0.163. The Labute approximate surface area is 210 Å². The number of halogens is 2. The quantitative estimate of drug-likeness (QED) is 0.305. The topological polar surface area (TPSA) is 84.0 Å². The van der Waals surface area contributed by atoms with E-state index in [0.717, 1.165) is 35.9 Å². The molecule has 0 bridgehead atoms. The fourth-order valence-electron chi connectivity index (χ4n) is 3.65. The van der Waals surface area contributed by atoms with E-state index in [2.05, 4.69) is 0 Å². The Morgan fingerprint density at radius 3 is 2.53 bits per heavy atom. The second kappa shape index (κ2) is 10.6. The normalized spacial score (nSPS) is 17.4. The largest absolute Gasteiger partial charge is 0.423 e. The van der Waals surface area contributed by atoms with Crippen molar-refractivity contribution in [3.05, 3.63) is 68.5 Å². The number of amides is 3. The summed E-state index contributed by atoms with van der Waals surface area (Å²) >= 11 is 12.7. The molecule has 0 aromatic heterocycles. The lowest BCUT2D eigenvalue weighted by atomic mass is 10.1. The van der Waals surface area contributed by atoms with Crippen LogP contribution in [0.25, 0.3) is 6.08 Å². The van der Waals surface area contributed by atoms with E-state index in [0.29, 0.717) is 23.7 Å². The fraction of sp³-hybridized carbons (Fsp3) is 0.250. The first-order valence-electron chi connectivity index (χ1n) is 10.6. The van der Waals surface area contributed by atoms with Gasteiger partial charge in [-0.3, -0.25) is 19.3 Å². The van der Waals surface area contributed by atoms with Crippen LogP contribution in [0.5, 0.6) is 5.75 Å². The fourth-order valence-corrected chi connectivity index (χ4v) is 4.98. The summed E-state index contributed by atoms with van der Waals surface area (Å²) in [5, 5.41) is 0.0816. The molecular weight excluding hydrogens is 499 g/mol. The van der Waals surface area contributed by atoms with Crippen molar-refractivity contribution in [1.82, 2.24) is 9.80 Å². The molecule has 2 saturated heterocycles. The van der Waals surface area contributed by atoms with Crippen molar-refractivity contribution in [3.63, 3.8) is 0 Å². The number of likely N-dealkylation sites (tertiary alicyclic amines) is 1. The average Bonchev–Trinajstić information content (AvgIpc) is 3.07. The van der Waals surface area contributed by atoms with Crippen LogP contribution in [0, 0.1) is 0 Å². The van der Waals surface area contributed by atoms with Crippen LogP contribution in [-0.4, -0.2) is 52.5 Å². The second-order valence-corrected chi connectivity index (χ2v) is 9.63. The van der Waals surface area contributed by atoms with Crippen molar-refractivity contribution in [1.29, 1.82) is 0 Å². The van der Waals surface area contributed by atoms with E-state index >= 15 is 0 Å². The molecule has 2 aromatic carbocycles. The summed E-state index contributed by atoms with van der Waals surface area (Å²) in [6.07, 6.45) is 4.47. The van der Waals surface area contributed by atoms with Gasteiger partial charge in [-0.1, -0.05) is 35.3 Å². The van der Waals surface area contributed by atoms with Gasteiger partial charge in [-0.05, 0) is 73.0 Å². The molecule has 2 aliphatic rings. The highest BCUT2D eigenvalue weighted by Crippen LogP contribution is 2.33. The van der Waals surface area contributed by atoms with Gasteiger partial charge in [-0.2, -0.15) is 0 Å². The number of ether oxygens (including phenoxy) is 1. The van der Waals surface area contributed by atoms with Crippen LogP contribution in [0.2, 0.25) is 10.0 Å². The molecule has 0 atom stereocenters. The minimum atomic E-state index is -0.657. The molecule has 0 unspecified atom stereocenters. The number of thioether (sulfide) groups is 1. The van der Waals surface area contributed by atoms with E-state index in [1.807, 2.05) is 0 Å². The molecular formula is C24H20Cl2N2O5S. The van der Waals surface area contributed by atoms with E-state index in [-0.39, 0.29) is 33.7 Å². The number of carbonyl (C=O) groups excluding carboxylic acids is 4. The molecule has 0 radical (unpaired) electrons. The number of rotatable bonds is 5. The van der Waals surface area contributed by atoms with Crippen LogP contribution >= 0.6 is 35.0 Å². The molecule has 4 rings (SSSR count). The third-order valence-electron chi connectivity index (χ3n) is 5.39. The maximum atomic E-state index is 12.8. The zero-order chi connectivity index (χ0) is 24.2. The summed E-state index contributed by atoms with van der Waals surface area (Å²) < 4.78 is 5.40. The van der Waals surface area contributed by atoms with Gasteiger partial charge in [-0.15, -0.1) is 0 Å². The SMILES string of the molecule is O=C(Oc1cccc(/C=C2\SC(=O)N(CC(=O)N3CCCCC3)C2=O)c1)c1ccc(Cl)cc1Cl. The number of imide groups is 1. The molecule has 0 aliphatic carbocycles. The molecule has 7 nitrogen and oxygen atoms in total. The number of piperidine rings is 1. The zero-order valence-corrected chi connectivity index (χ0v) is 20.3. The van der Waals surface area contributed by atoms with Gasteiger partial charge < -0.3 is 9.64 Å². The van der Waals surface area contributed by atoms with E-state index < -0.39 is 17.1 Å². The first-order valence-corrected chi connectivity index (χ1v) is 12.2. The summed E-state index contributed by atoms with van der Waals surface area (Å²) in [6, 6.07) is 11.0. The molecule has 2 fully saturated rings. The molecule has 2 aliphatic heterocycles. The summed E-state index contributed by atoms with van der Waals surface area (Å²) in [6.45, 7) is 1.04. The smallest absolute Gasteiger partial charge is 0.345 e. The number of hydrogen-bond acceptors (Lipinski definition) is 6. The van der Waals surface area contributed by atoms with Gasteiger partial charge in [0, 0.05) is 18.1 Å². The Bertz CT molecular complexity index is 1190. The number of hydrogen-bond donors (Lipinski definition) is 0.